The van der Waals surface area contributed by atoms with Crippen LogP contribution in [-0.2, 0) is 4.79 Å². The number of nitrogens with zero attached hydrogens (tertiary/aromatic N) is 3. The lowest BCUT2D eigenvalue weighted by atomic mass is 9.95. The van der Waals surface area contributed by atoms with E-state index in [2.05, 4.69) is 15.3 Å². The third kappa shape index (κ3) is 3.90. The maximum Gasteiger partial charge on any atom is 0.291 e. The van der Waals surface area contributed by atoms with Gasteiger partial charge in [-0.25, -0.2) is 9.97 Å². The quantitative estimate of drug-likeness (QED) is 0.748. The van der Waals surface area contributed by atoms with E-state index in [9.17, 15) is 9.59 Å². The topological polar surface area (TPSA) is 88.3 Å². The van der Waals surface area contributed by atoms with E-state index in [4.69, 9.17) is 4.42 Å². The Hall–Kier alpha value is -3.00. The Morgan fingerprint density at radius 3 is 2.81 bits per heavy atom. The molecule has 0 atom stereocenters. The number of rotatable bonds is 4. The van der Waals surface area contributed by atoms with Crippen molar-refractivity contribution in [1.82, 2.24) is 14.9 Å². The minimum absolute atomic E-state index is 0.0165. The van der Waals surface area contributed by atoms with Gasteiger partial charge in [-0.05, 0) is 25.0 Å². The van der Waals surface area contributed by atoms with Crippen LogP contribution >= 0.6 is 11.3 Å². The normalized spacial score (nSPS) is 14.9. The molecule has 3 heterocycles. The van der Waals surface area contributed by atoms with Gasteiger partial charge >= 0.3 is 0 Å². The van der Waals surface area contributed by atoms with Crippen molar-refractivity contribution in [2.24, 2.45) is 5.92 Å². The molecule has 1 saturated heterocycles. The number of benzene rings is 1. The Labute approximate surface area is 160 Å². The minimum atomic E-state index is -0.178. The number of thiazole rings is 1. The van der Waals surface area contributed by atoms with Crippen LogP contribution in [-0.4, -0.2) is 39.8 Å². The van der Waals surface area contributed by atoms with Crippen molar-refractivity contribution in [3.63, 3.8) is 0 Å². The molecule has 1 aromatic carbocycles. The first kappa shape index (κ1) is 17.4. The van der Waals surface area contributed by atoms with Crippen molar-refractivity contribution in [1.29, 1.82) is 0 Å². The highest BCUT2D eigenvalue weighted by molar-refractivity contribution is 7.07. The van der Waals surface area contributed by atoms with E-state index in [1.54, 1.807) is 10.4 Å². The van der Waals surface area contributed by atoms with Gasteiger partial charge in [-0.3, -0.25) is 9.59 Å². The molecule has 1 aliphatic rings. The fraction of sp³-hybridized carbons (Fsp3) is 0.263. The number of amides is 2. The summed E-state index contributed by atoms with van der Waals surface area (Å²) in [7, 11) is 0. The van der Waals surface area contributed by atoms with Crippen molar-refractivity contribution in [2.45, 2.75) is 12.8 Å². The lowest BCUT2D eigenvalue weighted by Crippen LogP contribution is -2.41. The Kier molecular flexibility index (Phi) is 4.97. The van der Waals surface area contributed by atoms with Crippen molar-refractivity contribution in [2.75, 3.05) is 18.4 Å². The molecule has 138 valence electrons. The summed E-state index contributed by atoms with van der Waals surface area (Å²) in [5.41, 5.74) is 4.41. The van der Waals surface area contributed by atoms with Crippen LogP contribution in [0.3, 0.4) is 0 Å². The fourth-order valence-corrected chi connectivity index (χ4v) is 3.74. The number of aromatic nitrogens is 2. The number of carbonyl (C=O) groups is 2. The molecule has 4 rings (SSSR count). The molecule has 1 fully saturated rings. The van der Waals surface area contributed by atoms with E-state index in [0.717, 1.165) is 16.9 Å². The molecule has 3 aromatic rings. The summed E-state index contributed by atoms with van der Waals surface area (Å²) in [6.07, 6.45) is 3.90. The van der Waals surface area contributed by atoms with E-state index >= 15 is 0 Å². The molecular formula is C19H18N4O3S. The number of likely N-dealkylation sites (tertiary alicyclic amines) is 1. The molecule has 27 heavy (non-hydrogen) atoms. The van der Waals surface area contributed by atoms with Crippen molar-refractivity contribution < 1.29 is 14.0 Å². The average Bonchev–Trinajstić information content (AvgIpc) is 3.42. The highest BCUT2D eigenvalue weighted by Gasteiger charge is 2.29. The molecule has 1 N–H and O–H groups in total. The molecule has 7 nitrogen and oxygen atoms in total. The second-order valence-electron chi connectivity index (χ2n) is 6.38. The number of oxazole rings is 1. The van der Waals surface area contributed by atoms with Crippen molar-refractivity contribution >= 4 is 28.8 Å². The highest BCUT2D eigenvalue weighted by Crippen LogP contribution is 2.24. The SMILES string of the molecule is O=C(Nc1cccc(-c2cscn2)c1)C1CCN(C(=O)c2cnco2)CC1. The van der Waals surface area contributed by atoms with Gasteiger partial charge in [-0.15, -0.1) is 11.3 Å². The molecule has 2 aromatic heterocycles. The van der Waals surface area contributed by atoms with Crippen molar-refractivity contribution in [3.8, 4) is 11.3 Å². The van der Waals surface area contributed by atoms with E-state index < -0.39 is 0 Å². The minimum Gasteiger partial charge on any atom is -0.438 e. The van der Waals surface area contributed by atoms with E-state index in [1.807, 2.05) is 29.6 Å². The van der Waals surface area contributed by atoms with Gasteiger partial charge in [0.25, 0.3) is 5.91 Å². The van der Waals surface area contributed by atoms with Crippen LogP contribution in [0.5, 0.6) is 0 Å². The summed E-state index contributed by atoms with van der Waals surface area (Å²) in [5, 5.41) is 4.96. The zero-order valence-electron chi connectivity index (χ0n) is 14.5. The van der Waals surface area contributed by atoms with Crippen LogP contribution in [0.2, 0.25) is 0 Å². The molecule has 2 amide bonds. The number of nitrogens with one attached hydrogen (secondary N) is 1. The van der Waals surface area contributed by atoms with Crippen molar-refractivity contribution in [3.05, 3.63) is 53.5 Å². The summed E-state index contributed by atoms with van der Waals surface area (Å²) in [5.74, 6) is -0.0806. The monoisotopic (exact) mass is 382 g/mol. The number of hydrogen-bond acceptors (Lipinski definition) is 6. The van der Waals surface area contributed by atoms with Gasteiger partial charge in [0.1, 0.15) is 0 Å². The fourth-order valence-electron chi connectivity index (χ4n) is 3.18. The Balaban J connectivity index is 1.35. The smallest absolute Gasteiger partial charge is 0.291 e. The Bertz CT molecular complexity index is 916. The average molecular weight is 382 g/mol. The van der Waals surface area contributed by atoms with Crippen LogP contribution in [0.15, 0.2) is 52.2 Å². The molecule has 0 unspecified atom stereocenters. The second-order valence-corrected chi connectivity index (χ2v) is 7.09. The maximum absolute atomic E-state index is 12.6. The Morgan fingerprint density at radius 1 is 1.26 bits per heavy atom. The maximum atomic E-state index is 12.6. The van der Waals surface area contributed by atoms with E-state index in [0.29, 0.717) is 25.9 Å². The zero-order chi connectivity index (χ0) is 18.6. The third-order valence-corrected chi connectivity index (χ3v) is 5.24. The standard InChI is InChI=1S/C19H18N4O3S/c24-18(22-15-3-1-2-14(8-15)16-10-27-12-21-16)13-4-6-23(7-5-13)19(25)17-9-20-11-26-17/h1-3,8-13H,4-7H2,(H,22,24). The number of piperidine rings is 1. The lowest BCUT2D eigenvalue weighted by molar-refractivity contribution is -0.121. The Morgan fingerprint density at radius 2 is 2.11 bits per heavy atom. The lowest BCUT2D eigenvalue weighted by Gasteiger charge is -2.30. The van der Waals surface area contributed by atoms with Gasteiger partial charge in [0.15, 0.2) is 6.39 Å². The van der Waals surface area contributed by atoms with Gasteiger partial charge in [-0.2, -0.15) is 0 Å². The van der Waals surface area contributed by atoms with Gasteiger partial charge in [0.05, 0.1) is 17.4 Å². The van der Waals surface area contributed by atoms with Crippen LogP contribution in [0.25, 0.3) is 11.3 Å². The van der Waals surface area contributed by atoms with Gasteiger partial charge in [0.2, 0.25) is 11.7 Å². The molecule has 0 spiro atoms. The molecule has 8 heteroatoms. The molecule has 0 radical (unpaired) electrons. The molecule has 0 bridgehead atoms. The van der Waals surface area contributed by atoms with Gasteiger partial charge in [0, 0.05) is 35.6 Å². The number of carbonyl (C=O) groups excluding carboxylic acids is 2. The van der Waals surface area contributed by atoms with E-state index in [-0.39, 0.29) is 23.5 Å². The molecule has 1 aliphatic heterocycles. The number of hydrogen-bond donors (Lipinski definition) is 1. The summed E-state index contributed by atoms with van der Waals surface area (Å²) in [6, 6.07) is 7.67. The molecule has 0 aliphatic carbocycles. The van der Waals surface area contributed by atoms with Crippen LogP contribution in [0, 0.1) is 5.92 Å². The summed E-state index contributed by atoms with van der Waals surface area (Å²) in [6.45, 7) is 1.05. The molecule has 0 saturated carbocycles. The van der Waals surface area contributed by atoms with Crippen LogP contribution in [0.4, 0.5) is 5.69 Å². The highest BCUT2D eigenvalue weighted by atomic mass is 32.1. The second kappa shape index (κ2) is 7.71. The zero-order valence-corrected chi connectivity index (χ0v) is 15.3. The summed E-state index contributed by atoms with van der Waals surface area (Å²) >= 11 is 1.54. The van der Waals surface area contributed by atoms with Crippen LogP contribution in [0.1, 0.15) is 23.4 Å². The van der Waals surface area contributed by atoms with Gasteiger partial charge < -0.3 is 14.6 Å². The summed E-state index contributed by atoms with van der Waals surface area (Å²) < 4.78 is 5.06. The van der Waals surface area contributed by atoms with Crippen LogP contribution < -0.4 is 5.32 Å². The largest absolute Gasteiger partial charge is 0.438 e. The first-order valence-corrected chi connectivity index (χ1v) is 9.62. The van der Waals surface area contributed by atoms with Gasteiger partial charge in [-0.1, -0.05) is 12.1 Å². The number of anilines is 1. The predicted molar refractivity (Wildman–Crippen MR) is 101 cm³/mol. The third-order valence-electron chi connectivity index (χ3n) is 4.65. The first-order chi connectivity index (χ1) is 13.2. The molecular weight excluding hydrogens is 364 g/mol. The summed E-state index contributed by atoms with van der Waals surface area (Å²) in [4.78, 5) is 34.7. The van der Waals surface area contributed by atoms with E-state index in [1.165, 1.54) is 23.9 Å². The predicted octanol–water partition coefficient (Wildman–Crippen LogP) is 3.29. The first-order valence-electron chi connectivity index (χ1n) is 8.68.